The summed E-state index contributed by atoms with van der Waals surface area (Å²) in [5.41, 5.74) is 0.853. The van der Waals surface area contributed by atoms with Crippen LogP contribution in [0.25, 0.3) is 11.6 Å². The van der Waals surface area contributed by atoms with Crippen LogP contribution in [0.15, 0.2) is 58.8 Å². The van der Waals surface area contributed by atoms with Crippen molar-refractivity contribution in [2.45, 2.75) is 18.6 Å². The third-order valence-electron chi connectivity index (χ3n) is 3.79. The molecule has 10 heteroatoms. The standard InChI is InChI=1S/C18H17N5O4S/c1-3-8-22-17(15-5-4-9-27-15)20-21-18(22)28-11-16(24)19-13-7-6-12(2)14(10-13)23(25)26/h3-7,9-10H,1,8,11H2,2H3,(H,19,24). The van der Waals surface area contributed by atoms with Crippen LogP contribution in [0.3, 0.4) is 0 Å². The van der Waals surface area contributed by atoms with Crippen LogP contribution < -0.4 is 5.32 Å². The highest BCUT2D eigenvalue weighted by Crippen LogP contribution is 2.25. The number of aryl methyl sites for hydroxylation is 1. The van der Waals surface area contributed by atoms with Gasteiger partial charge >= 0.3 is 0 Å². The fourth-order valence-electron chi connectivity index (χ4n) is 2.49. The average molecular weight is 399 g/mol. The summed E-state index contributed by atoms with van der Waals surface area (Å²) in [6.07, 6.45) is 3.24. The van der Waals surface area contributed by atoms with Gasteiger partial charge in [-0.05, 0) is 25.1 Å². The molecule has 0 saturated heterocycles. The van der Waals surface area contributed by atoms with Crippen molar-refractivity contribution in [2.75, 3.05) is 11.1 Å². The van der Waals surface area contributed by atoms with E-state index >= 15 is 0 Å². The molecule has 0 bridgehead atoms. The fourth-order valence-corrected chi connectivity index (χ4v) is 3.24. The third kappa shape index (κ3) is 4.29. The summed E-state index contributed by atoms with van der Waals surface area (Å²) >= 11 is 1.20. The number of furan rings is 1. The number of nitro benzene ring substituents is 1. The van der Waals surface area contributed by atoms with Crippen molar-refractivity contribution < 1.29 is 14.1 Å². The molecule has 0 unspecified atom stereocenters. The van der Waals surface area contributed by atoms with E-state index in [0.717, 1.165) is 0 Å². The van der Waals surface area contributed by atoms with E-state index in [9.17, 15) is 14.9 Å². The number of anilines is 1. The molecular weight excluding hydrogens is 382 g/mol. The quantitative estimate of drug-likeness (QED) is 0.266. The number of rotatable bonds is 8. The Balaban J connectivity index is 1.69. The van der Waals surface area contributed by atoms with Crippen molar-refractivity contribution >= 4 is 29.0 Å². The van der Waals surface area contributed by atoms with Gasteiger partial charge in [-0.25, -0.2) is 0 Å². The van der Waals surface area contributed by atoms with Gasteiger partial charge in [-0.1, -0.05) is 23.9 Å². The second-order valence-corrected chi connectivity index (χ2v) is 6.72. The van der Waals surface area contributed by atoms with Gasteiger partial charge in [0.1, 0.15) is 0 Å². The van der Waals surface area contributed by atoms with Gasteiger partial charge in [0.05, 0.1) is 16.9 Å². The minimum atomic E-state index is -0.479. The molecule has 0 atom stereocenters. The smallest absolute Gasteiger partial charge is 0.274 e. The van der Waals surface area contributed by atoms with Crippen LogP contribution in [0, 0.1) is 17.0 Å². The second-order valence-electron chi connectivity index (χ2n) is 5.78. The highest BCUT2D eigenvalue weighted by Gasteiger charge is 2.17. The molecular formula is C18H17N5O4S. The lowest BCUT2D eigenvalue weighted by Crippen LogP contribution is -2.15. The molecule has 0 aliphatic carbocycles. The number of nitrogens with zero attached hydrogens (tertiary/aromatic N) is 4. The molecule has 0 aliphatic rings. The Morgan fingerprint density at radius 3 is 2.93 bits per heavy atom. The molecule has 28 heavy (non-hydrogen) atoms. The van der Waals surface area contributed by atoms with Gasteiger partial charge in [0.25, 0.3) is 5.69 Å². The summed E-state index contributed by atoms with van der Waals surface area (Å²) in [7, 11) is 0. The Morgan fingerprint density at radius 2 is 2.25 bits per heavy atom. The molecule has 1 amide bonds. The molecule has 0 radical (unpaired) electrons. The van der Waals surface area contributed by atoms with Crippen LogP contribution in [0.2, 0.25) is 0 Å². The number of benzene rings is 1. The van der Waals surface area contributed by atoms with Gasteiger partial charge < -0.3 is 9.73 Å². The van der Waals surface area contributed by atoms with Gasteiger partial charge in [0.15, 0.2) is 10.9 Å². The number of nitrogens with one attached hydrogen (secondary N) is 1. The molecule has 0 aliphatic heterocycles. The van der Waals surface area contributed by atoms with Gasteiger partial charge in [0.2, 0.25) is 11.7 Å². The number of amides is 1. The zero-order valence-electron chi connectivity index (χ0n) is 15.0. The SMILES string of the molecule is C=CCn1c(SCC(=O)Nc2ccc(C)c([N+](=O)[O-])c2)nnc1-c1ccco1. The Morgan fingerprint density at radius 1 is 1.43 bits per heavy atom. The maximum Gasteiger partial charge on any atom is 0.274 e. The lowest BCUT2D eigenvalue weighted by Gasteiger charge is -2.07. The predicted molar refractivity (Wildman–Crippen MR) is 105 cm³/mol. The van der Waals surface area contributed by atoms with Crippen LogP contribution in [0.5, 0.6) is 0 Å². The van der Waals surface area contributed by atoms with Gasteiger partial charge in [-0.2, -0.15) is 0 Å². The van der Waals surface area contributed by atoms with Gasteiger partial charge in [-0.15, -0.1) is 16.8 Å². The summed E-state index contributed by atoms with van der Waals surface area (Å²) in [6, 6.07) is 8.09. The molecule has 1 aromatic carbocycles. The maximum absolute atomic E-state index is 12.3. The summed E-state index contributed by atoms with van der Waals surface area (Å²) < 4.78 is 7.16. The monoisotopic (exact) mass is 399 g/mol. The van der Waals surface area contributed by atoms with E-state index in [-0.39, 0.29) is 17.3 Å². The highest BCUT2D eigenvalue weighted by atomic mass is 32.2. The van der Waals surface area contributed by atoms with Crippen molar-refractivity contribution in [1.29, 1.82) is 0 Å². The zero-order chi connectivity index (χ0) is 20.1. The van der Waals surface area contributed by atoms with E-state index in [2.05, 4.69) is 22.1 Å². The summed E-state index contributed by atoms with van der Waals surface area (Å²) in [5.74, 6) is 0.866. The molecule has 144 valence electrons. The number of thioether (sulfide) groups is 1. The Kier molecular flexibility index (Phi) is 5.90. The van der Waals surface area contributed by atoms with Crippen molar-refractivity contribution in [3.8, 4) is 11.6 Å². The minimum Gasteiger partial charge on any atom is -0.461 e. The van der Waals surface area contributed by atoms with Gasteiger partial charge in [-0.3, -0.25) is 19.5 Å². The van der Waals surface area contributed by atoms with E-state index in [1.165, 1.54) is 17.8 Å². The first-order valence-electron chi connectivity index (χ1n) is 8.25. The van der Waals surface area contributed by atoms with Crippen LogP contribution in [-0.4, -0.2) is 31.3 Å². The molecule has 3 aromatic rings. The normalized spacial score (nSPS) is 10.6. The first-order chi connectivity index (χ1) is 13.5. The molecule has 0 spiro atoms. The number of carbonyl (C=O) groups excluding carboxylic acids is 1. The molecule has 2 heterocycles. The Labute approximate surface area is 164 Å². The molecule has 9 nitrogen and oxygen atoms in total. The first kappa shape index (κ1) is 19.4. The van der Waals surface area contributed by atoms with Crippen LogP contribution in [0.4, 0.5) is 11.4 Å². The number of carbonyl (C=O) groups is 1. The van der Waals surface area contributed by atoms with Crippen molar-refractivity contribution in [2.24, 2.45) is 0 Å². The number of nitro groups is 1. The van der Waals surface area contributed by atoms with E-state index in [1.807, 2.05) is 0 Å². The Bertz CT molecular complexity index is 1010. The van der Waals surface area contributed by atoms with Crippen molar-refractivity contribution in [1.82, 2.24) is 14.8 Å². The van der Waals surface area contributed by atoms with Crippen molar-refractivity contribution in [3.63, 3.8) is 0 Å². The van der Waals surface area contributed by atoms with Crippen LogP contribution in [-0.2, 0) is 11.3 Å². The van der Waals surface area contributed by atoms with E-state index in [4.69, 9.17) is 4.42 Å². The number of aromatic nitrogens is 3. The van der Waals surface area contributed by atoms with Crippen molar-refractivity contribution in [3.05, 3.63) is 64.9 Å². The lowest BCUT2D eigenvalue weighted by molar-refractivity contribution is -0.385. The second kappa shape index (κ2) is 8.53. The number of hydrogen-bond donors (Lipinski definition) is 1. The average Bonchev–Trinajstić information content (AvgIpc) is 3.31. The molecule has 3 rings (SSSR count). The molecule has 2 aromatic heterocycles. The van der Waals surface area contributed by atoms with Gasteiger partial charge in [0, 0.05) is 23.9 Å². The van der Waals surface area contributed by atoms with E-state index in [1.54, 1.807) is 48.1 Å². The summed E-state index contributed by atoms with van der Waals surface area (Å²) in [4.78, 5) is 22.8. The Hall–Kier alpha value is -3.40. The maximum atomic E-state index is 12.3. The molecule has 1 N–H and O–H groups in total. The molecule has 0 fully saturated rings. The highest BCUT2D eigenvalue weighted by molar-refractivity contribution is 7.99. The fraction of sp³-hybridized carbons (Fsp3) is 0.167. The van der Waals surface area contributed by atoms with E-state index in [0.29, 0.717) is 34.5 Å². The summed E-state index contributed by atoms with van der Waals surface area (Å²) in [6.45, 7) is 5.83. The predicted octanol–water partition coefficient (Wildman–Crippen LogP) is 3.67. The topological polar surface area (TPSA) is 116 Å². The lowest BCUT2D eigenvalue weighted by atomic mass is 10.2. The third-order valence-corrected chi connectivity index (χ3v) is 4.76. The number of allylic oxidation sites excluding steroid dienone is 1. The zero-order valence-corrected chi connectivity index (χ0v) is 15.8. The minimum absolute atomic E-state index is 0.0423. The molecule has 0 saturated carbocycles. The van der Waals surface area contributed by atoms with Crippen LogP contribution >= 0.6 is 11.8 Å². The van der Waals surface area contributed by atoms with Crippen LogP contribution in [0.1, 0.15) is 5.56 Å². The van der Waals surface area contributed by atoms with E-state index < -0.39 is 4.92 Å². The largest absolute Gasteiger partial charge is 0.461 e. The first-order valence-corrected chi connectivity index (χ1v) is 9.24. The summed E-state index contributed by atoms with van der Waals surface area (Å²) in [5, 5.41) is 22.5. The number of hydrogen-bond acceptors (Lipinski definition) is 7.